The van der Waals surface area contributed by atoms with Crippen LogP contribution in [0.5, 0.6) is 0 Å². The van der Waals surface area contributed by atoms with Crippen molar-refractivity contribution in [3.63, 3.8) is 0 Å². The molecule has 0 aromatic heterocycles. The summed E-state index contributed by atoms with van der Waals surface area (Å²) in [6, 6.07) is 48.3. The van der Waals surface area contributed by atoms with Crippen LogP contribution in [0.15, 0.2) is 140 Å². The summed E-state index contributed by atoms with van der Waals surface area (Å²) in [7, 11) is 0. The molecule has 40 heavy (non-hydrogen) atoms. The molecule has 5 aromatic carbocycles. The molecule has 0 aliphatic rings. The van der Waals surface area contributed by atoms with E-state index in [0.29, 0.717) is 0 Å². The Morgan fingerprint density at radius 1 is 0.325 bits per heavy atom. The SMILES string of the molecule is CCCCCCC.Cc1ccc(-c2ccccc2)cc1.Cc1cccc(-c2ccccc2)c1.Cc1ccccc1. The fourth-order valence-electron chi connectivity index (χ4n) is 4.04. The Kier molecular flexibility index (Phi) is 16.2. The smallest absolute Gasteiger partial charge is 0.0181 e. The maximum atomic E-state index is 2.25. The fourth-order valence-corrected chi connectivity index (χ4v) is 4.04. The summed E-state index contributed by atoms with van der Waals surface area (Å²) in [5.74, 6) is 0. The third kappa shape index (κ3) is 13.8. The average molecular weight is 529 g/mol. The molecule has 0 heterocycles. The molecule has 0 spiro atoms. The lowest BCUT2D eigenvalue weighted by Crippen LogP contribution is -1.77. The highest BCUT2D eigenvalue weighted by atomic mass is 14.0. The Morgan fingerprint density at radius 3 is 1.12 bits per heavy atom. The van der Waals surface area contributed by atoms with Crippen LogP contribution in [-0.4, -0.2) is 0 Å². The minimum absolute atomic E-state index is 1.28. The first-order valence-electron chi connectivity index (χ1n) is 14.8. The normalized spacial score (nSPS) is 9.62. The average Bonchev–Trinajstić information content (AvgIpc) is 3.00. The Morgan fingerprint density at radius 2 is 0.700 bits per heavy atom. The van der Waals surface area contributed by atoms with Gasteiger partial charge in [0.1, 0.15) is 0 Å². The molecule has 5 rings (SSSR count). The molecule has 0 saturated carbocycles. The number of rotatable bonds is 6. The predicted octanol–water partition coefficient (Wildman–Crippen LogP) is 12.3. The lowest BCUT2D eigenvalue weighted by molar-refractivity contribution is 0.656. The molecule has 208 valence electrons. The fraction of sp³-hybridized carbons (Fsp3) is 0.250. The van der Waals surface area contributed by atoms with Crippen LogP contribution in [0.2, 0.25) is 0 Å². The number of unbranched alkanes of at least 4 members (excludes halogenated alkanes) is 4. The van der Waals surface area contributed by atoms with Crippen molar-refractivity contribution in [3.8, 4) is 22.3 Å². The van der Waals surface area contributed by atoms with Crippen LogP contribution >= 0.6 is 0 Å². The molecular formula is C40H48. The van der Waals surface area contributed by atoms with Gasteiger partial charge < -0.3 is 0 Å². The van der Waals surface area contributed by atoms with Gasteiger partial charge in [-0.15, -0.1) is 0 Å². The van der Waals surface area contributed by atoms with Gasteiger partial charge in [-0.25, -0.2) is 0 Å². The van der Waals surface area contributed by atoms with Crippen LogP contribution in [-0.2, 0) is 0 Å². The summed E-state index contributed by atoms with van der Waals surface area (Å²) in [4.78, 5) is 0. The van der Waals surface area contributed by atoms with E-state index in [1.165, 1.54) is 71.0 Å². The second kappa shape index (κ2) is 20.1. The molecule has 0 aliphatic carbocycles. The highest BCUT2D eigenvalue weighted by molar-refractivity contribution is 5.64. The zero-order chi connectivity index (χ0) is 28.8. The van der Waals surface area contributed by atoms with Crippen LogP contribution in [0, 0.1) is 20.8 Å². The van der Waals surface area contributed by atoms with E-state index in [1.807, 2.05) is 30.3 Å². The maximum Gasteiger partial charge on any atom is -0.0181 e. The number of aryl methyl sites for hydroxylation is 3. The Bertz CT molecular complexity index is 1270. The van der Waals surface area contributed by atoms with Crippen LogP contribution in [0.3, 0.4) is 0 Å². The van der Waals surface area contributed by atoms with Gasteiger partial charge in [0.2, 0.25) is 0 Å². The third-order valence-electron chi connectivity index (χ3n) is 6.43. The molecule has 0 aliphatic heterocycles. The van der Waals surface area contributed by atoms with Crippen molar-refractivity contribution in [1.29, 1.82) is 0 Å². The first-order valence-corrected chi connectivity index (χ1v) is 14.8. The van der Waals surface area contributed by atoms with E-state index < -0.39 is 0 Å². The van der Waals surface area contributed by atoms with E-state index in [-0.39, 0.29) is 0 Å². The van der Waals surface area contributed by atoms with Crippen molar-refractivity contribution in [2.75, 3.05) is 0 Å². The molecule has 0 saturated heterocycles. The number of hydrogen-bond donors (Lipinski definition) is 0. The summed E-state index contributed by atoms with van der Waals surface area (Å²) in [6.07, 6.45) is 7.01. The molecule has 0 bridgehead atoms. The lowest BCUT2D eigenvalue weighted by Gasteiger charge is -2.01. The van der Waals surface area contributed by atoms with Crippen molar-refractivity contribution < 1.29 is 0 Å². The molecule has 0 radical (unpaired) electrons. The van der Waals surface area contributed by atoms with E-state index >= 15 is 0 Å². The van der Waals surface area contributed by atoms with Crippen molar-refractivity contribution in [3.05, 3.63) is 156 Å². The van der Waals surface area contributed by atoms with Gasteiger partial charge in [-0.1, -0.05) is 202 Å². The summed E-state index contributed by atoms with van der Waals surface area (Å²) >= 11 is 0. The van der Waals surface area contributed by atoms with E-state index in [4.69, 9.17) is 0 Å². The number of hydrogen-bond acceptors (Lipinski definition) is 0. The van der Waals surface area contributed by atoms with E-state index in [9.17, 15) is 0 Å². The minimum atomic E-state index is 1.28. The van der Waals surface area contributed by atoms with Gasteiger partial charge >= 0.3 is 0 Å². The van der Waals surface area contributed by atoms with Gasteiger partial charge in [0.25, 0.3) is 0 Å². The standard InChI is InChI=1S/2C13H12.C7H8.C7H16/c1-11-6-5-9-13(10-11)12-7-3-2-4-8-12;1-11-7-9-13(10-8-11)12-5-3-2-4-6-12;1-7-5-3-2-4-6-7;1-3-5-7-6-4-2/h2*2-10H,1H3;2-6H,1H3;3-7H2,1-2H3. The first-order chi connectivity index (χ1) is 19.5. The van der Waals surface area contributed by atoms with Crippen molar-refractivity contribution in [2.45, 2.75) is 66.7 Å². The molecule has 0 fully saturated rings. The van der Waals surface area contributed by atoms with Crippen LogP contribution in [0.1, 0.15) is 62.6 Å². The molecule has 0 heteroatoms. The summed E-state index contributed by atoms with van der Waals surface area (Å²) < 4.78 is 0. The Balaban J connectivity index is 0.000000196. The van der Waals surface area contributed by atoms with Gasteiger partial charge in [-0.3, -0.25) is 0 Å². The van der Waals surface area contributed by atoms with Crippen LogP contribution in [0.25, 0.3) is 22.3 Å². The molecule has 0 atom stereocenters. The van der Waals surface area contributed by atoms with Crippen molar-refractivity contribution >= 4 is 0 Å². The molecule has 5 aromatic rings. The molecule has 0 nitrogen and oxygen atoms in total. The monoisotopic (exact) mass is 528 g/mol. The Hall–Kier alpha value is -3.90. The van der Waals surface area contributed by atoms with Gasteiger partial charge in [0.15, 0.2) is 0 Å². The predicted molar refractivity (Wildman–Crippen MR) is 179 cm³/mol. The second-order valence-electron chi connectivity index (χ2n) is 10.2. The van der Waals surface area contributed by atoms with Crippen LogP contribution < -0.4 is 0 Å². The molecule has 0 unspecified atom stereocenters. The van der Waals surface area contributed by atoms with Gasteiger partial charge in [0, 0.05) is 0 Å². The van der Waals surface area contributed by atoms with Crippen molar-refractivity contribution in [1.82, 2.24) is 0 Å². The highest BCUT2D eigenvalue weighted by Gasteiger charge is 1.95. The van der Waals surface area contributed by atoms with E-state index in [1.54, 1.807) is 0 Å². The first kappa shape index (κ1) is 32.3. The van der Waals surface area contributed by atoms with Gasteiger partial charge in [-0.05, 0) is 43.0 Å². The highest BCUT2D eigenvalue weighted by Crippen LogP contribution is 2.20. The molecule has 0 N–H and O–H groups in total. The molecular weight excluding hydrogens is 480 g/mol. The summed E-state index contributed by atoms with van der Waals surface area (Å²) in [5, 5.41) is 0. The van der Waals surface area contributed by atoms with Gasteiger partial charge in [0.05, 0.1) is 0 Å². The quantitative estimate of drug-likeness (QED) is 0.192. The summed E-state index contributed by atoms with van der Waals surface area (Å²) in [5.41, 5.74) is 9.07. The maximum absolute atomic E-state index is 2.25. The minimum Gasteiger partial charge on any atom is -0.0654 e. The Labute approximate surface area is 244 Å². The zero-order valence-electron chi connectivity index (χ0n) is 25.3. The number of benzene rings is 5. The van der Waals surface area contributed by atoms with Crippen molar-refractivity contribution in [2.24, 2.45) is 0 Å². The summed E-state index contributed by atoms with van der Waals surface area (Å²) in [6.45, 7) is 10.8. The van der Waals surface area contributed by atoms with E-state index in [0.717, 1.165) is 0 Å². The molecule has 0 amide bonds. The third-order valence-corrected chi connectivity index (χ3v) is 6.43. The van der Waals surface area contributed by atoms with Gasteiger partial charge in [-0.2, -0.15) is 0 Å². The van der Waals surface area contributed by atoms with Crippen LogP contribution in [0.4, 0.5) is 0 Å². The zero-order valence-corrected chi connectivity index (χ0v) is 25.3. The largest absolute Gasteiger partial charge is 0.0654 e. The topological polar surface area (TPSA) is 0 Å². The lowest BCUT2D eigenvalue weighted by atomic mass is 10.0. The second-order valence-corrected chi connectivity index (χ2v) is 10.2. The van der Waals surface area contributed by atoms with E-state index in [2.05, 4.69) is 144 Å².